The minimum atomic E-state index is -1.46. The highest BCUT2D eigenvalue weighted by atomic mass is 16.8. The molecule has 3 aromatic carbocycles. The van der Waals surface area contributed by atoms with Crippen LogP contribution in [0.15, 0.2) is 102 Å². The lowest BCUT2D eigenvalue weighted by atomic mass is 9.55. The summed E-state index contributed by atoms with van der Waals surface area (Å²) in [6.45, 7) is 4.80. The number of aldehydes is 1. The second kappa shape index (κ2) is 21.1. The van der Waals surface area contributed by atoms with E-state index in [1.165, 1.54) is 18.2 Å². The van der Waals surface area contributed by atoms with E-state index in [1.807, 2.05) is 18.2 Å². The number of non-ortho nitro benzene ring substituents is 1. The number of amides is 1. The van der Waals surface area contributed by atoms with Crippen LogP contribution < -0.4 is 9.47 Å². The predicted octanol–water partition coefficient (Wildman–Crippen LogP) is 8.53. The van der Waals surface area contributed by atoms with Crippen LogP contribution in [0.25, 0.3) is 6.08 Å². The van der Waals surface area contributed by atoms with Crippen LogP contribution in [0.5, 0.6) is 17.2 Å². The molecule has 1 amide bonds. The molecular formula is C49H57N3O11. The number of allylic oxidation sites excluding steroid dienone is 1. The minimum absolute atomic E-state index is 0.00220. The van der Waals surface area contributed by atoms with Crippen LogP contribution >= 0.6 is 0 Å². The Bertz CT molecular complexity index is 2180. The third-order valence-electron chi connectivity index (χ3n) is 12.6. The van der Waals surface area contributed by atoms with Crippen molar-refractivity contribution in [2.75, 3.05) is 33.5 Å². The van der Waals surface area contributed by atoms with E-state index in [0.29, 0.717) is 60.0 Å². The number of nitro groups is 1. The standard InChI is InChI=1S/C49H57N3O11/c1-3-26-60-49-44(51(2)45(56)23-18-33-16-19-36(20-17-33)52(57)58)31-42(50-63-46-15-6-9-27-59-46)40-29-35(12-4-7-24-53)39(14-5-8-25-54)47(48(40)49)41-30-38(21-22-43(41)62-49)61-37-13-10-11-34(28-37)32-55/h3,10-11,13,16-23,28-30,32,35,39,44,46-48,53-54H,1,4-9,12,14-15,24-27,31H2,2H3/t35-,39+,44-,46?,47+,48+,49+/m0/s1. The number of rotatable bonds is 20. The normalized spacial score (nSPS) is 25.6. The van der Waals surface area contributed by atoms with Crippen LogP contribution in [0, 0.1) is 27.9 Å². The first-order valence-electron chi connectivity index (χ1n) is 22.0. The Labute approximate surface area is 368 Å². The van der Waals surface area contributed by atoms with Gasteiger partial charge in [0, 0.05) is 68.4 Å². The lowest BCUT2D eigenvalue weighted by molar-refractivity contribution is -0.384. The molecule has 63 heavy (non-hydrogen) atoms. The molecule has 7 atom stereocenters. The van der Waals surface area contributed by atoms with Crippen molar-refractivity contribution in [1.82, 2.24) is 4.90 Å². The Morgan fingerprint density at radius 2 is 1.79 bits per heavy atom. The number of likely N-dealkylation sites (N-methyl/N-ethyl adjacent to an activating group) is 1. The maximum Gasteiger partial charge on any atom is 0.269 e. The molecule has 14 nitrogen and oxygen atoms in total. The lowest BCUT2D eigenvalue weighted by Crippen LogP contribution is -2.69. The Balaban J connectivity index is 1.39. The number of nitrogens with zero attached hydrogens (tertiary/aromatic N) is 3. The summed E-state index contributed by atoms with van der Waals surface area (Å²) in [6, 6.07) is 17.8. The molecule has 14 heteroatoms. The summed E-state index contributed by atoms with van der Waals surface area (Å²) in [5, 5.41) is 36.0. The third-order valence-corrected chi connectivity index (χ3v) is 12.6. The zero-order chi connectivity index (χ0) is 44.3. The number of unbranched alkanes of at least 4 members (excludes halogenated alkanes) is 2. The summed E-state index contributed by atoms with van der Waals surface area (Å²) >= 11 is 0. The number of hydrogen-bond acceptors (Lipinski definition) is 12. The fraction of sp³-hybridized carbons (Fsp3) is 0.449. The second-order valence-electron chi connectivity index (χ2n) is 16.6. The van der Waals surface area contributed by atoms with Crippen molar-refractivity contribution in [3.05, 3.63) is 124 Å². The van der Waals surface area contributed by atoms with Crippen LogP contribution in [0.3, 0.4) is 0 Å². The number of nitro benzene ring substituents is 1. The summed E-state index contributed by atoms with van der Waals surface area (Å²) < 4.78 is 26.6. The van der Waals surface area contributed by atoms with E-state index < -0.39 is 29.0 Å². The smallest absolute Gasteiger partial charge is 0.269 e. The molecule has 1 unspecified atom stereocenters. The van der Waals surface area contributed by atoms with Gasteiger partial charge in [0.05, 0.1) is 29.8 Å². The van der Waals surface area contributed by atoms with Crippen molar-refractivity contribution in [2.45, 2.75) is 88.2 Å². The summed E-state index contributed by atoms with van der Waals surface area (Å²) in [6.07, 6.45) is 14.4. The van der Waals surface area contributed by atoms with Gasteiger partial charge in [0.1, 0.15) is 29.6 Å². The Hall–Kier alpha value is -5.67. The minimum Gasteiger partial charge on any atom is -0.459 e. The van der Waals surface area contributed by atoms with E-state index in [0.717, 1.165) is 55.9 Å². The molecule has 334 valence electrons. The highest BCUT2D eigenvalue weighted by Crippen LogP contribution is 2.62. The van der Waals surface area contributed by atoms with Gasteiger partial charge < -0.3 is 38.9 Å². The van der Waals surface area contributed by atoms with Gasteiger partial charge in [-0.1, -0.05) is 42.3 Å². The number of oxime groups is 1. The molecule has 7 rings (SSSR count). The average Bonchev–Trinajstić information content (AvgIpc) is 3.30. The molecule has 0 bridgehead atoms. The molecule has 2 aliphatic carbocycles. The maximum absolute atomic E-state index is 14.4. The van der Waals surface area contributed by atoms with Gasteiger partial charge in [-0.25, -0.2) is 0 Å². The van der Waals surface area contributed by atoms with Gasteiger partial charge in [0.15, 0.2) is 0 Å². The second-order valence-corrected chi connectivity index (χ2v) is 16.6. The van der Waals surface area contributed by atoms with Crippen LogP contribution in [0.4, 0.5) is 5.69 Å². The van der Waals surface area contributed by atoms with Crippen molar-refractivity contribution in [2.24, 2.45) is 22.9 Å². The van der Waals surface area contributed by atoms with Gasteiger partial charge in [0.2, 0.25) is 18.0 Å². The lowest BCUT2D eigenvalue weighted by Gasteiger charge is -2.59. The van der Waals surface area contributed by atoms with Gasteiger partial charge in [-0.05, 0) is 110 Å². The monoisotopic (exact) mass is 863 g/mol. The zero-order valence-corrected chi connectivity index (χ0v) is 35.7. The van der Waals surface area contributed by atoms with E-state index in [-0.39, 0.29) is 55.6 Å². The molecule has 0 aromatic heterocycles. The summed E-state index contributed by atoms with van der Waals surface area (Å²) in [4.78, 5) is 44.7. The Morgan fingerprint density at radius 3 is 2.51 bits per heavy atom. The number of carbonyl (C=O) groups excluding carboxylic acids is 2. The van der Waals surface area contributed by atoms with Gasteiger partial charge in [-0.2, -0.15) is 0 Å². The number of fused-ring (bicyclic) bond motifs is 2. The van der Waals surface area contributed by atoms with E-state index in [2.05, 4.69) is 12.7 Å². The van der Waals surface area contributed by atoms with Crippen LogP contribution in [-0.2, 0) is 19.1 Å². The molecule has 4 aliphatic rings. The number of aliphatic hydroxyl groups is 2. The summed E-state index contributed by atoms with van der Waals surface area (Å²) in [5.41, 5.74) is 3.46. The first kappa shape index (κ1) is 45.4. The number of carbonyl (C=O) groups is 2. The van der Waals surface area contributed by atoms with Gasteiger partial charge in [-0.15, -0.1) is 6.58 Å². The van der Waals surface area contributed by atoms with Crippen molar-refractivity contribution >= 4 is 29.7 Å². The molecule has 0 radical (unpaired) electrons. The molecule has 1 saturated carbocycles. The average molecular weight is 864 g/mol. The quantitative estimate of drug-likeness (QED) is 0.0278. The molecule has 2 aliphatic heterocycles. The van der Waals surface area contributed by atoms with Crippen molar-refractivity contribution in [3.63, 3.8) is 0 Å². The largest absolute Gasteiger partial charge is 0.459 e. The topological polar surface area (TPSA) is 179 Å². The first-order chi connectivity index (χ1) is 30.7. The van der Waals surface area contributed by atoms with E-state index >= 15 is 0 Å². The molecule has 2 N–H and O–H groups in total. The molecule has 3 aromatic rings. The van der Waals surface area contributed by atoms with E-state index in [9.17, 15) is 29.9 Å². The number of hydrogen-bond donors (Lipinski definition) is 2. The van der Waals surface area contributed by atoms with Gasteiger partial charge in [0.25, 0.3) is 5.69 Å². The van der Waals surface area contributed by atoms with Crippen LogP contribution in [-0.4, -0.2) is 89.5 Å². The van der Waals surface area contributed by atoms with E-state index in [4.69, 9.17) is 28.9 Å². The predicted molar refractivity (Wildman–Crippen MR) is 236 cm³/mol. The maximum atomic E-state index is 14.4. The number of ether oxygens (including phenoxy) is 4. The number of benzene rings is 3. The van der Waals surface area contributed by atoms with Crippen molar-refractivity contribution < 1.29 is 48.5 Å². The summed E-state index contributed by atoms with van der Waals surface area (Å²) in [7, 11) is 1.71. The SMILES string of the molecule is C=CCO[C@@]12Oc3ccc(Oc4cccc(C=O)c4)cc3[C@H]3[C@H](CCCCO)[C@@H](CCCCO)C=C(C(=NOC4CCCCO4)C[C@@H]1N(C)C(=O)C=Cc1ccc([N+](=O)[O-])cc1)[C@H]32. The fourth-order valence-electron chi connectivity index (χ4n) is 9.64. The van der Waals surface area contributed by atoms with Gasteiger partial charge >= 0.3 is 0 Å². The zero-order valence-electron chi connectivity index (χ0n) is 35.7. The molecule has 2 fully saturated rings. The van der Waals surface area contributed by atoms with E-state index in [1.54, 1.807) is 60.5 Å². The van der Waals surface area contributed by atoms with Crippen LogP contribution in [0.1, 0.15) is 91.6 Å². The molecule has 1 saturated heterocycles. The first-order valence-corrected chi connectivity index (χ1v) is 22.0. The number of aliphatic hydroxyl groups excluding tert-OH is 2. The summed E-state index contributed by atoms with van der Waals surface area (Å²) in [5.74, 6) is -0.989. The third kappa shape index (κ3) is 10.3. The fourth-order valence-corrected chi connectivity index (χ4v) is 9.64. The molecule has 0 spiro atoms. The highest BCUT2D eigenvalue weighted by Gasteiger charge is 2.65. The molecule has 2 heterocycles. The Morgan fingerprint density at radius 1 is 1.02 bits per heavy atom. The highest BCUT2D eigenvalue weighted by molar-refractivity contribution is 6.03. The van der Waals surface area contributed by atoms with Crippen molar-refractivity contribution in [3.8, 4) is 17.2 Å². The van der Waals surface area contributed by atoms with Gasteiger partial charge in [-0.3, -0.25) is 19.7 Å². The van der Waals surface area contributed by atoms with Crippen LogP contribution in [0.2, 0.25) is 0 Å². The molecular weight excluding hydrogens is 807 g/mol. The van der Waals surface area contributed by atoms with Crippen molar-refractivity contribution in [1.29, 1.82) is 0 Å². The Kier molecular flexibility index (Phi) is 15.2.